The van der Waals surface area contributed by atoms with Gasteiger partial charge < -0.3 is 9.47 Å². The fourth-order valence-corrected chi connectivity index (χ4v) is 4.56. The van der Waals surface area contributed by atoms with Crippen LogP contribution < -0.4 is 4.80 Å². The molecule has 3 nitrogen and oxygen atoms in total. The van der Waals surface area contributed by atoms with Crippen molar-refractivity contribution in [3.8, 4) is 11.3 Å². The number of hydrogen-bond donors (Lipinski definition) is 0. The van der Waals surface area contributed by atoms with Crippen LogP contribution in [0.15, 0.2) is 69.4 Å². The second kappa shape index (κ2) is 10.0. The molecule has 0 saturated heterocycles. The van der Waals surface area contributed by atoms with Gasteiger partial charge in [-0.3, -0.25) is 0 Å². The minimum atomic E-state index is 0.961. The highest BCUT2D eigenvalue weighted by Crippen LogP contribution is 2.28. The van der Waals surface area contributed by atoms with E-state index in [4.69, 9.17) is 4.99 Å². The molecule has 2 aromatic carbocycles. The largest absolute Gasteiger partial charge is 0.316 e. The highest BCUT2D eigenvalue weighted by atomic mass is 79.9. The molecule has 3 rings (SSSR count). The summed E-state index contributed by atoms with van der Waals surface area (Å²) >= 11 is 5.42. The fraction of sp³-hybridized carbons (Fsp3) is 0.318. The predicted molar refractivity (Wildman–Crippen MR) is 120 cm³/mol. The summed E-state index contributed by atoms with van der Waals surface area (Å²) in [5.74, 6) is 0. The Morgan fingerprint density at radius 3 is 2.41 bits per heavy atom. The van der Waals surface area contributed by atoms with Crippen LogP contribution in [0.25, 0.3) is 11.3 Å². The van der Waals surface area contributed by atoms with Crippen molar-refractivity contribution in [3.63, 3.8) is 0 Å². The molecule has 0 aliphatic heterocycles. The Morgan fingerprint density at radius 1 is 1.00 bits per heavy atom. The Hall–Kier alpha value is -1.69. The third-order valence-electron chi connectivity index (χ3n) is 4.68. The number of aromatic nitrogens is 1. The zero-order chi connectivity index (χ0) is 19.1. The zero-order valence-corrected chi connectivity index (χ0v) is 18.3. The van der Waals surface area contributed by atoms with Crippen LogP contribution in [0.4, 0.5) is 5.69 Å². The van der Waals surface area contributed by atoms with Gasteiger partial charge >= 0.3 is 0 Å². The van der Waals surface area contributed by atoms with Crippen molar-refractivity contribution in [1.29, 1.82) is 0 Å². The van der Waals surface area contributed by atoms with Crippen LogP contribution in [0.3, 0.4) is 0 Å². The molecule has 0 amide bonds. The van der Waals surface area contributed by atoms with E-state index in [1.165, 1.54) is 11.3 Å². The molecule has 0 aliphatic carbocycles. The highest BCUT2D eigenvalue weighted by Gasteiger charge is 2.11. The maximum atomic E-state index is 4.91. The lowest BCUT2D eigenvalue weighted by Gasteiger charge is -2.18. The number of thiazole rings is 1. The van der Waals surface area contributed by atoms with Gasteiger partial charge in [0.1, 0.15) is 0 Å². The molecule has 27 heavy (non-hydrogen) atoms. The van der Waals surface area contributed by atoms with Gasteiger partial charge in [-0.1, -0.05) is 66.2 Å². The van der Waals surface area contributed by atoms with E-state index in [1.807, 2.05) is 18.2 Å². The predicted octanol–water partition coefficient (Wildman–Crippen LogP) is 5.94. The molecule has 0 radical (unpaired) electrons. The molecular weight excluding hydrogens is 418 g/mol. The molecule has 142 valence electrons. The first kappa shape index (κ1) is 20.1. The van der Waals surface area contributed by atoms with E-state index in [1.54, 1.807) is 11.3 Å². The Balaban J connectivity index is 1.97. The van der Waals surface area contributed by atoms with E-state index in [0.29, 0.717) is 0 Å². The van der Waals surface area contributed by atoms with Crippen molar-refractivity contribution in [2.24, 2.45) is 4.99 Å². The van der Waals surface area contributed by atoms with Crippen LogP contribution in [-0.2, 0) is 6.54 Å². The summed E-state index contributed by atoms with van der Waals surface area (Å²) in [7, 11) is 0. The summed E-state index contributed by atoms with van der Waals surface area (Å²) in [6.45, 7) is 8.72. The first-order valence-electron chi connectivity index (χ1n) is 9.48. The number of para-hydroxylation sites is 1. The topological polar surface area (TPSA) is 20.5 Å². The maximum Gasteiger partial charge on any atom is 0.190 e. The average Bonchev–Trinajstić information content (AvgIpc) is 3.08. The molecule has 0 saturated carbocycles. The summed E-state index contributed by atoms with van der Waals surface area (Å²) in [6.07, 6.45) is 1.11. The van der Waals surface area contributed by atoms with E-state index >= 15 is 0 Å². The molecule has 0 unspecified atom stereocenters. The lowest BCUT2D eigenvalue weighted by atomic mass is 10.2. The minimum absolute atomic E-state index is 0.961. The summed E-state index contributed by atoms with van der Waals surface area (Å²) in [4.78, 5) is 8.43. The number of nitrogens with zero attached hydrogens (tertiary/aromatic N) is 3. The van der Waals surface area contributed by atoms with Crippen LogP contribution in [0.5, 0.6) is 0 Å². The maximum absolute atomic E-state index is 4.91. The Kier molecular flexibility index (Phi) is 7.44. The third kappa shape index (κ3) is 5.18. The van der Waals surface area contributed by atoms with Crippen molar-refractivity contribution in [1.82, 2.24) is 9.47 Å². The second-order valence-electron chi connectivity index (χ2n) is 6.36. The standard InChI is InChI=1S/C22H26BrN3S/c1-3-25(4-2)15-10-16-26-21(19-13-8-9-14-20(19)23)17-27-22(26)24-18-11-6-5-7-12-18/h5-9,11-14,17H,3-4,10,15-16H2,1-2H3. The summed E-state index contributed by atoms with van der Waals surface area (Å²) in [5, 5.41) is 2.22. The van der Waals surface area contributed by atoms with Gasteiger partial charge in [-0.15, -0.1) is 11.3 Å². The third-order valence-corrected chi connectivity index (χ3v) is 6.23. The molecule has 1 heterocycles. The van der Waals surface area contributed by atoms with Gasteiger partial charge in [-0.25, -0.2) is 4.99 Å². The van der Waals surface area contributed by atoms with Gasteiger partial charge in [0.25, 0.3) is 0 Å². The monoisotopic (exact) mass is 443 g/mol. The highest BCUT2D eigenvalue weighted by molar-refractivity contribution is 9.10. The normalized spacial score (nSPS) is 12.1. The molecule has 0 aliphatic rings. The van der Waals surface area contributed by atoms with Crippen molar-refractivity contribution >= 4 is 33.0 Å². The SMILES string of the molecule is CCN(CC)CCCn1c(-c2ccccc2Br)csc1=Nc1ccccc1. The molecular formula is C22H26BrN3S. The van der Waals surface area contributed by atoms with Gasteiger partial charge in [0.15, 0.2) is 4.80 Å². The number of halogens is 1. The summed E-state index contributed by atoms with van der Waals surface area (Å²) in [6, 6.07) is 18.6. The van der Waals surface area contributed by atoms with E-state index < -0.39 is 0 Å². The lowest BCUT2D eigenvalue weighted by Crippen LogP contribution is -2.26. The van der Waals surface area contributed by atoms with Gasteiger partial charge in [0.2, 0.25) is 0 Å². The smallest absolute Gasteiger partial charge is 0.190 e. The van der Waals surface area contributed by atoms with Crippen LogP contribution in [0.1, 0.15) is 20.3 Å². The van der Waals surface area contributed by atoms with Crippen molar-refractivity contribution in [3.05, 3.63) is 69.3 Å². The van der Waals surface area contributed by atoms with Gasteiger partial charge in [-0.05, 0) is 44.3 Å². The average molecular weight is 444 g/mol. The van der Waals surface area contributed by atoms with Crippen molar-refractivity contribution in [2.45, 2.75) is 26.8 Å². The fourth-order valence-electron chi connectivity index (χ4n) is 3.12. The Bertz CT molecular complexity index is 911. The molecule has 0 bridgehead atoms. The van der Waals surface area contributed by atoms with E-state index in [9.17, 15) is 0 Å². The molecule has 0 spiro atoms. The first-order valence-corrected chi connectivity index (χ1v) is 11.2. The Morgan fingerprint density at radius 2 is 1.70 bits per heavy atom. The van der Waals surface area contributed by atoms with E-state index in [2.05, 4.69) is 81.0 Å². The number of rotatable bonds is 8. The summed E-state index contributed by atoms with van der Waals surface area (Å²) in [5.41, 5.74) is 3.43. The van der Waals surface area contributed by atoms with Gasteiger partial charge in [0, 0.05) is 22.0 Å². The molecule has 1 aromatic heterocycles. The molecule has 0 atom stereocenters. The molecule has 5 heteroatoms. The van der Waals surface area contributed by atoms with Crippen molar-refractivity contribution < 1.29 is 0 Å². The van der Waals surface area contributed by atoms with Crippen LogP contribution >= 0.6 is 27.3 Å². The molecule has 0 N–H and O–H groups in total. The number of benzene rings is 2. The minimum Gasteiger partial charge on any atom is -0.316 e. The van der Waals surface area contributed by atoms with E-state index in [-0.39, 0.29) is 0 Å². The molecule has 0 fully saturated rings. The van der Waals surface area contributed by atoms with Crippen molar-refractivity contribution in [2.75, 3.05) is 19.6 Å². The summed E-state index contributed by atoms with van der Waals surface area (Å²) < 4.78 is 3.48. The van der Waals surface area contributed by atoms with E-state index in [0.717, 1.165) is 47.6 Å². The quantitative estimate of drug-likeness (QED) is 0.421. The van der Waals surface area contributed by atoms with Gasteiger partial charge in [-0.2, -0.15) is 0 Å². The first-order chi connectivity index (χ1) is 13.2. The molecule has 3 aromatic rings. The Labute approximate surface area is 174 Å². The zero-order valence-electron chi connectivity index (χ0n) is 15.9. The number of hydrogen-bond acceptors (Lipinski definition) is 3. The second-order valence-corrected chi connectivity index (χ2v) is 8.05. The van der Waals surface area contributed by atoms with Gasteiger partial charge in [0.05, 0.1) is 11.4 Å². The lowest BCUT2D eigenvalue weighted by molar-refractivity contribution is 0.293. The van der Waals surface area contributed by atoms with Crippen LogP contribution in [0, 0.1) is 0 Å². The van der Waals surface area contributed by atoms with Crippen LogP contribution in [-0.4, -0.2) is 29.1 Å². The van der Waals surface area contributed by atoms with Crippen LogP contribution in [0.2, 0.25) is 0 Å².